The van der Waals surface area contributed by atoms with E-state index in [1.54, 1.807) is 0 Å². The van der Waals surface area contributed by atoms with Gasteiger partial charge in [0, 0.05) is 23.8 Å². The summed E-state index contributed by atoms with van der Waals surface area (Å²) >= 11 is 0. The van der Waals surface area contributed by atoms with Gasteiger partial charge in [0.1, 0.15) is 0 Å². The first kappa shape index (κ1) is 11.6. The first-order valence-electron chi connectivity index (χ1n) is 6.96. The fraction of sp³-hybridized carbons (Fsp3) is 0.412. The third-order valence-electron chi connectivity index (χ3n) is 4.01. The van der Waals surface area contributed by atoms with E-state index in [4.69, 9.17) is 0 Å². The number of aryl methyl sites for hydroxylation is 2. The summed E-state index contributed by atoms with van der Waals surface area (Å²) in [7, 11) is 0. The molecule has 94 valence electrons. The van der Waals surface area contributed by atoms with E-state index < -0.39 is 0 Å². The van der Waals surface area contributed by atoms with Crippen LogP contribution in [0.5, 0.6) is 0 Å². The van der Waals surface area contributed by atoms with E-state index in [9.17, 15) is 0 Å². The van der Waals surface area contributed by atoms with Gasteiger partial charge in [0.05, 0.1) is 0 Å². The van der Waals surface area contributed by atoms with E-state index in [0.29, 0.717) is 0 Å². The standard InChI is InChI=1S/C17H21N/c1-13-10-14(2)12-16(11-13)18-9-5-7-15-6-3-4-8-17(15)18/h3-4,8,10-12,15H,5-7,9H2,1-2H3. The predicted molar refractivity (Wildman–Crippen MR) is 77.8 cm³/mol. The number of nitrogens with zero attached hydrogens (tertiary/aromatic N) is 1. The largest absolute Gasteiger partial charge is 0.345 e. The van der Waals surface area contributed by atoms with Gasteiger partial charge in [-0.05, 0) is 62.4 Å². The van der Waals surface area contributed by atoms with E-state index in [1.807, 2.05) is 0 Å². The van der Waals surface area contributed by atoms with Crippen LogP contribution in [0.2, 0.25) is 0 Å². The topological polar surface area (TPSA) is 3.24 Å². The number of allylic oxidation sites excluding steroid dienone is 4. The summed E-state index contributed by atoms with van der Waals surface area (Å²) in [6, 6.07) is 6.88. The van der Waals surface area contributed by atoms with E-state index in [-0.39, 0.29) is 0 Å². The average molecular weight is 239 g/mol. The normalized spacial score (nSPS) is 22.7. The van der Waals surface area contributed by atoms with Gasteiger partial charge >= 0.3 is 0 Å². The predicted octanol–water partition coefficient (Wildman–Crippen LogP) is 4.36. The van der Waals surface area contributed by atoms with Crippen molar-refractivity contribution >= 4 is 5.69 Å². The van der Waals surface area contributed by atoms with Crippen molar-refractivity contribution in [1.82, 2.24) is 0 Å². The maximum absolute atomic E-state index is 2.53. The minimum absolute atomic E-state index is 0.740. The van der Waals surface area contributed by atoms with Crippen molar-refractivity contribution in [2.75, 3.05) is 11.4 Å². The number of benzene rings is 1. The summed E-state index contributed by atoms with van der Waals surface area (Å²) in [6.45, 7) is 5.54. The Morgan fingerprint density at radius 2 is 1.89 bits per heavy atom. The highest BCUT2D eigenvalue weighted by molar-refractivity contribution is 5.57. The Labute approximate surface area is 110 Å². The van der Waals surface area contributed by atoms with Crippen molar-refractivity contribution in [3.63, 3.8) is 0 Å². The monoisotopic (exact) mass is 239 g/mol. The van der Waals surface area contributed by atoms with Gasteiger partial charge in [-0.15, -0.1) is 0 Å². The van der Waals surface area contributed by atoms with Crippen LogP contribution in [0.4, 0.5) is 5.69 Å². The molecule has 1 aliphatic carbocycles. The molecular formula is C17H21N. The van der Waals surface area contributed by atoms with E-state index >= 15 is 0 Å². The zero-order chi connectivity index (χ0) is 12.5. The van der Waals surface area contributed by atoms with Crippen molar-refractivity contribution in [3.05, 3.63) is 53.3 Å². The van der Waals surface area contributed by atoms with Gasteiger partial charge < -0.3 is 4.90 Å². The maximum atomic E-state index is 2.53. The zero-order valence-corrected chi connectivity index (χ0v) is 11.3. The highest BCUT2D eigenvalue weighted by Gasteiger charge is 2.26. The molecule has 1 heterocycles. The molecule has 1 atom stereocenters. The molecule has 0 aromatic heterocycles. The van der Waals surface area contributed by atoms with Crippen molar-refractivity contribution in [2.45, 2.75) is 33.1 Å². The SMILES string of the molecule is Cc1cc(C)cc(N2CCCC3CC=CC=C32)c1. The molecule has 1 aliphatic heterocycles. The number of fused-ring (bicyclic) bond motifs is 1. The lowest BCUT2D eigenvalue weighted by Gasteiger charge is -2.38. The summed E-state index contributed by atoms with van der Waals surface area (Å²) in [4.78, 5) is 2.53. The highest BCUT2D eigenvalue weighted by Crippen LogP contribution is 2.36. The lowest BCUT2D eigenvalue weighted by atomic mass is 9.87. The smallest absolute Gasteiger partial charge is 0.0413 e. The van der Waals surface area contributed by atoms with Crippen LogP contribution < -0.4 is 4.90 Å². The molecule has 1 aromatic carbocycles. The lowest BCUT2D eigenvalue weighted by Crippen LogP contribution is -2.33. The second kappa shape index (κ2) is 4.64. The second-order valence-corrected chi connectivity index (χ2v) is 5.59. The number of piperidine rings is 1. The Morgan fingerprint density at radius 1 is 1.11 bits per heavy atom. The maximum Gasteiger partial charge on any atom is 0.0413 e. The molecule has 1 fully saturated rings. The summed E-state index contributed by atoms with van der Waals surface area (Å²) in [6.07, 6.45) is 10.7. The van der Waals surface area contributed by atoms with Crippen LogP contribution in [-0.2, 0) is 0 Å². The molecule has 1 saturated heterocycles. The summed E-state index contributed by atoms with van der Waals surface area (Å²) in [5.74, 6) is 0.740. The van der Waals surface area contributed by atoms with Crippen LogP contribution in [0, 0.1) is 19.8 Å². The summed E-state index contributed by atoms with van der Waals surface area (Å²) < 4.78 is 0. The Kier molecular flexibility index (Phi) is 2.99. The fourth-order valence-corrected chi connectivity index (χ4v) is 3.25. The Balaban J connectivity index is 1.99. The molecule has 1 nitrogen and oxygen atoms in total. The Bertz CT molecular complexity index is 490. The van der Waals surface area contributed by atoms with Crippen LogP contribution >= 0.6 is 0 Å². The Morgan fingerprint density at radius 3 is 2.67 bits per heavy atom. The third kappa shape index (κ3) is 2.10. The first-order valence-corrected chi connectivity index (χ1v) is 6.96. The van der Waals surface area contributed by atoms with Gasteiger partial charge in [-0.2, -0.15) is 0 Å². The zero-order valence-electron chi connectivity index (χ0n) is 11.3. The molecule has 0 N–H and O–H groups in total. The molecule has 3 rings (SSSR count). The minimum atomic E-state index is 0.740. The molecule has 0 amide bonds. The van der Waals surface area contributed by atoms with Crippen molar-refractivity contribution in [1.29, 1.82) is 0 Å². The van der Waals surface area contributed by atoms with Gasteiger partial charge in [-0.3, -0.25) is 0 Å². The van der Waals surface area contributed by atoms with Crippen LogP contribution in [0.1, 0.15) is 30.4 Å². The van der Waals surface area contributed by atoms with Crippen molar-refractivity contribution < 1.29 is 0 Å². The fourth-order valence-electron chi connectivity index (χ4n) is 3.25. The van der Waals surface area contributed by atoms with E-state index in [2.05, 4.69) is 55.2 Å². The van der Waals surface area contributed by atoms with Crippen LogP contribution in [0.25, 0.3) is 0 Å². The lowest BCUT2D eigenvalue weighted by molar-refractivity contribution is 0.475. The average Bonchev–Trinajstić information content (AvgIpc) is 2.37. The molecule has 2 aliphatic rings. The van der Waals surface area contributed by atoms with Gasteiger partial charge in [0.2, 0.25) is 0 Å². The minimum Gasteiger partial charge on any atom is -0.345 e. The van der Waals surface area contributed by atoms with Gasteiger partial charge in [0.15, 0.2) is 0 Å². The molecule has 0 spiro atoms. The first-order chi connectivity index (χ1) is 8.74. The Hall–Kier alpha value is -1.50. The molecule has 1 aromatic rings. The quantitative estimate of drug-likeness (QED) is 0.703. The molecule has 0 bridgehead atoms. The summed E-state index contributed by atoms with van der Waals surface area (Å²) in [5.41, 5.74) is 5.62. The number of anilines is 1. The number of hydrogen-bond donors (Lipinski definition) is 0. The van der Waals surface area contributed by atoms with Crippen molar-refractivity contribution in [2.24, 2.45) is 5.92 Å². The van der Waals surface area contributed by atoms with Gasteiger partial charge in [-0.25, -0.2) is 0 Å². The summed E-state index contributed by atoms with van der Waals surface area (Å²) in [5, 5.41) is 0. The number of rotatable bonds is 1. The van der Waals surface area contributed by atoms with Crippen LogP contribution in [0.15, 0.2) is 42.1 Å². The molecule has 18 heavy (non-hydrogen) atoms. The second-order valence-electron chi connectivity index (χ2n) is 5.59. The molecule has 1 unspecified atom stereocenters. The molecule has 0 saturated carbocycles. The highest BCUT2D eigenvalue weighted by atomic mass is 15.2. The third-order valence-corrected chi connectivity index (χ3v) is 4.01. The van der Waals surface area contributed by atoms with Gasteiger partial charge in [0.25, 0.3) is 0 Å². The molecule has 1 heteroatoms. The molecular weight excluding hydrogens is 218 g/mol. The number of hydrogen-bond acceptors (Lipinski definition) is 1. The molecule has 0 radical (unpaired) electrons. The van der Waals surface area contributed by atoms with E-state index in [0.717, 1.165) is 5.92 Å². The van der Waals surface area contributed by atoms with Crippen LogP contribution in [0.3, 0.4) is 0 Å². The van der Waals surface area contributed by atoms with Gasteiger partial charge in [-0.1, -0.05) is 18.2 Å². The van der Waals surface area contributed by atoms with Crippen LogP contribution in [-0.4, -0.2) is 6.54 Å². The van der Waals surface area contributed by atoms with Crippen molar-refractivity contribution in [3.8, 4) is 0 Å². The van der Waals surface area contributed by atoms with E-state index in [1.165, 1.54) is 48.3 Å².